The Morgan fingerprint density at radius 1 is 1.41 bits per heavy atom. The summed E-state index contributed by atoms with van der Waals surface area (Å²) in [6, 6.07) is 1.07. The molecule has 0 bridgehead atoms. The second-order valence-corrected chi connectivity index (χ2v) is 5.07. The highest BCUT2D eigenvalue weighted by molar-refractivity contribution is 4.98. The molecule has 0 spiro atoms. The van der Waals surface area contributed by atoms with Crippen LogP contribution in [0.4, 0.5) is 0 Å². The van der Waals surface area contributed by atoms with Gasteiger partial charge in [-0.05, 0) is 32.1 Å². The standard InChI is InChI=1S/C13H24N4/c1-2-7-17-10-15-8-13(17)9-16-12-5-3-11(14)4-6-12/h8,10-12,16H,2-7,9,14H2,1H3. The maximum Gasteiger partial charge on any atom is 0.0948 e. The Hall–Kier alpha value is -0.870. The van der Waals surface area contributed by atoms with Crippen LogP contribution in [0, 0.1) is 0 Å². The highest BCUT2D eigenvalue weighted by atomic mass is 15.1. The van der Waals surface area contributed by atoms with Crippen LogP contribution in [0.5, 0.6) is 0 Å². The van der Waals surface area contributed by atoms with Crippen molar-refractivity contribution >= 4 is 0 Å². The summed E-state index contributed by atoms with van der Waals surface area (Å²) < 4.78 is 2.24. The average molecular weight is 236 g/mol. The average Bonchev–Trinajstić information content (AvgIpc) is 2.77. The molecule has 2 rings (SSSR count). The van der Waals surface area contributed by atoms with E-state index in [0.717, 1.165) is 32.4 Å². The lowest BCUT2D eigenvalue weighted by atomic mass is 9.92. The molecule has 96 valence electrons. The number of imidazole rings is 1. The molecule has 1 heterocycles. The summed E-state index contributed by atoms with van der Waals surface area (Å²) >= 11 is 0. The Labute approximate surface area is 104 Å². The number of nitrogens with zero attached hydrogens (tertiary/aromatic N) is 2. The largest absolute Gasteiger partial charge is 0.333 e. The van der Waals surface area contributed by atoms with Crippen molar-refractivity contribution in [2.45, 2.75) is 64.2 Å². The highest BCUT2D eigenvalue weighted by Crippen LogP contribution is 2.17. The number of aryl methyl sites for hydroxylation is 1. The smallest absolute Gasteiger partial charge is 0.0948 e. The minimum Gasteiger partial charge on any atom is -0.333 e. The molecule has 3 N–H and O–H groups in total. The van der Waals surface area contributed by atoms with Gasteiger partial charge in [0.1, 0.15) is 0 Å². The zero-order valence-electron chi connectivity index (χ0n) is 10.7. The van der Waals surface area contributed by atoms with Crippen molar-refractivity contribution in [3.05, 3.63) is 18.2 Å². The summed E-state index contributed by atoms with van der Waals surface area (Å²) in [6.07, 6.45) is 9.79. The zero-order valence-corrected chi connectivity index (χ0v) is 10.7. The molecule has 0 aromatic carbocycles. The first-order valence-corrected chi connectivity index (χ1v) is 6.77. The van der Waals surface area contributed by atoms with Gasteiger partial charge in [0.05, 0.1) is 12.0 Å². The number of nitrogens with two attached hydrogens (primary N) is 1. The van der Waals surface area contributed by atoms with Gasteiger partial charge in [-0.3, -0.25) is 0 Å². The van der Waals surface area contributed by atoms with Crippen LogP contribution in [0.15, 0.2) is 12.5 Å². The number of aromatic nitrogens is 2. The monoisotopic (exact) mass is 236 g/mol. The maximum atomic E-state index is 5.91. The molecule has 1 saturated carbocycles. The first kappa shape index (κ1) is 12.6. The fourth-order valence-corrected chi connectivity index (χ4v) is 2.51. The van der Waals surface area contributed by atoms with Gasteiger partial charge in [-0.2, -0.15) is 0 Å². The van der Waals surface area contributed by atoms with E-state index in [-0.39, 0.29) is 0 Å². The first-order valence-electron chi connectivity index (χ1n) is 6.77. The lowest BCUT2D eigenvalue weighted by molar-refractivity contribution is 0.339. The van der Waals surface area contributed by atoms with E-state index in [4.69, 9.17) is 5.73 Å². The molecule has 0 radical (unpaired) electrons. The van der Waals surface area contributed by atoms with E-state index < -0.39 is 0 Å². The summed E-state index contributed by atoms with van der Waals surface area (Å²) in [5.74, 6) is 0. The molecule has 17 heavy (non-hydrogen) atoms. The van der Waals surface area contributed by atoms with E-state index in [9.17, 15) is 0 Å². The molecule has 1 aromatic rings. The molecule has 0 atom stereocenters. The van der Waals surface area contributed by atoms with Crippen LogP contribution >= 0.6 is 0 Å². The molecule has 0 unspecified atom stereocenters. The molecule has 0 amide bonds. The Kier molecular flexibility index (Phi) is 4.57. The first-order chi connectivity index (χ1) is 8.29. The second-order valence-electron chi connectivity index (χ2n) is 5.07. The van der Waals surface area contributed by atoms with E-state index in [1.165, 1.54) is 18.5 Å². The summed E-state index contributed by atoms with van der Waals surface area (Å²) in [7, 11) is 0. The normalized spacial score (nSPS) is 25.1. The van der Waals surface area contributed by atoms with Gasteiger partial charge in [-0.1, -0.05) is 6.92 Å². The second kappa shape index (κ2) is 6.17. The van der Waals surface area contributed by atoms with E-state index >= 15 is 0 Å². The minimum absolute atomic E-state index is 0.429. The molecular formula is C13H24N4. The predicted octanol–water partition coefficient (Wildman–Crippen LogP) is 1.65. The fourth-order valence-electron chi connectivity index (χ4n) is 2.51. The lowest BCUT2D eigenvalue weighted by Crippen LogP contribution is -2.37. The van der Waals surface area contributed by atoms with Crippen LogP contribution in [0.25, 0.3) is 0 Å². The molecule has 1 aliphatic rings. The third kappa shape index (κ3) is 3.54. The Bertz CT molecular complexity index is 326. The number of nitrogens with one attached hydrogen (secondary N) is 1. The van der Waals surface area contributed by atoms with Crippen LogP contribution in [-0.2, 0) is 13.1 Å². The Balaban J connectivity index is 1.79. The SMILES string of the molecule is CCCn1cncc1CNC1CCC(N)CC1. The third-order valence-corrected chi connectivity index (χ3v) is 3.61. The topological polar surface area (TPSA) is 55.9 Å². The van der Waals surface area contributed by atoms with Gasteiger partial charge < -0.3 is 15.6 Å². The van der Waals surface area contributed by atoms with Crippen molar-refractivity contribution in [3.63, 3.8) is 0 Å². The molecule has 1 fully saturated rings. The quantitative estimate of drug-likeness (QED) is 0.817. The fraction of sp³-hybridized carbons (Fsp3) is 0.769. The molecule has 4 heteroatoms. The van der Waals surface area contributed by atoms with Crippen LogP contribution in [0.3, 0.4) is 0 Å². The van der Waals surface area contributed by atoms with Gasteiger partial charge in [0.2, 0.25) is 0 Å². The number of hydrogen-bond donors (Lipinski definition) is 2. The van der Waals surface area contributed by atoms with Crippen molar-refractivity contribution in [3.8, 4) is 0 Å². The summed E-state index contributed by atoms with van der Waals surface area (Å²) in [4.78, 5) is 4.22. The van der Waals surface area contributed by atoms with Crippen molar-refractivity contribution in [2.24, 2.45) is 5.73 Å². The molecular weight excluding hydrogens is 212 g/mol. The third-order valence-electron chi connectivity index (χ3n) is 3.61. The Morgan fingerprint density at radius 3 is 2.88 bits per heavy atom. The van der Waals surface area contributed by atoms with E-state index in [1.54, 1.807) is 0 Å². The van der Waals surface area contributed by atoms with Crippen molar-refractivity contribution in [1.82, 2.24) is 14.9 Å². The van der Waals surface area contributed by atoms with Gasteiger partial charge in [-0.15, -0.1) is 0 Å². The van der Waals surface area contributed by atoms with Gasteiger partial charge in [0.25, 0.3) is 0 Å². The molecule has 0 aliphatic heterocycles. The lowest BCUT2D eigenvalue weighted by Gasteiger charge is -2.27. The summed E-state index contributed by atoms with van der Waals surface area (Å²) in [5.41, 5.74) is 7.20. The summed E-state index contributed by atoms with van der Waals surface area (Å²) in [5, 5.41) is 3.63. The van der Waals surface area contributed by atoms with Crippen molar-refractivity contribution in [1.29, 1.82) is 0 Å². The van der Waals surface area contributed by atoms with Crippen LogP contribution in [-0.4, -0.2) is 21.6 Å². The van der Waals surface area contributed by atoms with Crippen LogP contribution < -0.4 is 11.1 Å². The molecule has 1 aliphatic carbocycles. The van der Waals surface area contributed by atoms with Gasteiger partial charge in [-0.25, -0.2) is 4.98 Å². The van der Waals surface area contributed by atoms with Crippen LogP contribution in [0.2, 0.25) is 0 Å². The molecule has 0 saturated heterocycles. The van der Waals surface area contributed by atoms with Gasteiger partial charge >= 0.3 is 0 Å². The van der Waals surface area contributed by atoms with Gasteiger partial charge in [0.15, 0.2) is 0 Å². The van der Waals surface area contributed by atoms with Crippen LogP contribution in [0.1, 0.15) is 44.7 Å². The number of hydrogen-bond acceptors (Lipinski definition) is 3. The van der Waals surface area contributed by atoms with Gasteiger partial charge in [0, 0.05) is 31.4 Å². The highest BCUT2D eigenvalue weighted by Gasteiger charge is 2.18. The zero-order chi connectivity index (χ0) is 12.1. The minimum atomic E-state index is 0.429. The van der Waals surface area contributed by atoms with E-state index in [0.29, 0.717) is 12.1 Å². The predicted molar refractivity (Wildman–Crippen MR) is 69.6 cm³/mol. The van der Waals surface area contributed by atoms with E-state index in [2.05, 4.69) is 21.8 Å². The van der Waals surface area contributed by atoms with Crippen molar-refractivity contribution < 1.29 is 0 Å². The number of rotatable bonds is 5. The molecule has 1 aromatic heterocycles. The summed E-state index contributed by atoms with van der Waals surface area (Å²) in [6.45, 7) is 4.19. The molecule has 4 nitrogen and oxygen atoms in total. The van der Waals surface area contributed by atoms with E-state index in [1.807, 2.05) is 12.5 Å². The maximum absolute atomic E-state index is 5.91. The van der Waals surface area contributed by atoms with Crippen molar-refractivity contribution in [2.75, 3.05) is 0 Å². The Morgan fingerprint density at radius 2 is 2.18 bits per heavy atom.